The van der Waals surface area contributed by atoms with Crippen LogP contribution < -0.4 is 9.47 Å². The summed E-state index contributed by atoms with van der Waals surface area (Å²) >= 11 is 0. The highest BCUT2D eigenvalue weighted by Crippen LogP contribution is 2.22. The van der Waals surface area contributed by atoms with Gasteiger partial charge < -0.3 is 9.47 Å². The van der Waals surface area contributed by atoms with Gasteiger partial charge >= 0.3 is 0 Å². The number of fused-ring (bicyclic) bond motifs is 2. The fraction of sp³-hybridized carbons (Fsp3) is 0.261. The summed E-state index contributed by atoms with van der Waals surface area (Å²) in [7, 11) is 0. The van der Waals surface area contributed by atoms with E-state index in [0.29, 0.717) is 24.6 Å². The second kappa shape index (κ2) is 9.73. The van der Waals surface area contributed by atoms with Crippen LogP contribution in [0.5, 0.6) is 11.8 Å². The molecule has 0 atom stereocenters. The zero-order chi connectivity index (χ0) is 20.6. The number of rotatable bonds is 3. The predicted molar refractivity (Wildman–Crippen MR) is 112 cm³/mol. The van der Waals surface area contributed by atoms with E-state index in [1.165, 1.54) is 0 Å². The summed E-state index contributed by atoms with van der Waals surface area (Å²) < 4.78 is 10.8. The molecule has 30 heavy (non-hydrogen) atoms. The van der Waals surface area contributed by atoms with E-state index in [9.17, 15) is 4.79 Å². The van der Waals surface area contributed by atoms with Crippen LogP contribution in [0.2, 0.25) is 0 Å². The van der Waals surface area contributed by atoms with Crippen molar-refractivity contribution >= 4 is 18.4 Å². The summed E-state index contributed by atoms with van der Waals surface area (Å²) in [4.78, 5) is 26.8. The Bertz CT molecular complexity index is 1040. The molecule has 0 unspecified atom stereocenters. The first-order valence-corrected chi connectivity index (χ1v) is 9.97. The van der Waals surface area contributed by atoms with Crippen LogP contribution in [-0.2, 0) is 12.8 Å². The molecule has 0 fully saturated rings. The summed E-state index contributed by atoms with van der Waals surface area (Å²) in [5.41, 5.74) is 3.24. The third-order valence-corrected chi connectivity index (χ3v) is 4.68. The minimum atomic E-state index is 0.190. The number of aldehydes is 1. The minimum Gasteiger partial charge on any atom is -0.477 e. The monoisotopic (exact) mass is 402 g/mol. The van der Waals surface area contributed by atoms with E-state index in [-0.39, 0.29) is 5.82 Å². The van der Waals surface area contributed by atoms with E-state index >= 15 is 0 Å². The maximum Gasteiger partial charge on any atom is 0.220 e. The van der Waals surface area contributed by atoms with E-state index in [1.54, 1.807) is 6.20 Å². The molecule has 7 heteroatoms. The normalized spacial score (nSPS) is 14.4. The first-order chi connectivity index (χ1) is 14.8. The number of carbonyl (C=O) groups excluding carboxylic acids is 1. The second-order valence-corrected chi connectivity index (χ2v) is 6.88. The van der Waals surface area contributed by atoms with Crippen LogP contribution in [-0.4, -0.2) is 39.4 Å². The SMILES string of the molecule is C(=C\c1ncc2c(n1)OCCC2)/c1ccccc1.O=Cc1ncc2c(n1)OCCC2. The van der Waals surface area contributed by atoms with Crippen LogP contribution in [0.3, 0.4) is 0 Å². The first-order valence-electron chi connectivity index (χ1n) is 9.97. The number of ether oxygens (including phenoxy) is 2. The topological polar surface area (TPSA) is 87.1 Å². The van der Waals surface area contributed by atoms with E-state index < -0.39 is 0 Å². The van der Waals surface area contributed by atoms with E-state index in [2.05, 4.69) is 19.9 Å². The quantitative estimate of drug-likeness (QED) is 0.619. The third kappa shape index (κ3) is 5.05. The Balaban J connectivity index is 0.000000158. The van der Waals surface area contributed by atoms with Crippen LogP contribution >= 0.6 is 0 Å². The Kier molecular flexibility index (Phi) is 6.39. The molecule has 2 aliphatic heterocycles. The van der Waals surface area contributed by atoms with Crippen molar-refractivity contribution in [3.05, 3.63) is 71.1 Å². The Morgan fingerprint density at radius 3 is 2.00 bits per heavy atom. The average Bonchev–Trinajstić information content (AvgIpc) is 2.83. The molecule has 0 radical (unpaired) electrons. The van der Waals surface area contributed by atoms with Crippen molar-refractivity contribution in [2.75, 3.05) is 13.2 Å². The minimum absolute atomic E-state index is 0.190. The maximum atomic E-state index is 10.3. The van der Waals surface area contributed by atoms with Crippen molar-refractivity contribution in [1.82, 2.24) is 19.9 Å². The summed E-state index contributed by atoms with van der Waals surface area (Å²) in [5.74, 6) is 2.19. The summed E-state index contributed by atoms with van der Waals surface area (Å²) in [6, 6.07) is 10.1. The fourth-order valence-corrected chi connectivity index (χ4v) is 3.14. The largest absolute Gasteiger partial charge is 0.477 e. The zero-order valence-electron chi connectivity index (χ0n) is 16.5. The van der Waals surface area contributed by atoms with Gasteiger partial charge in [0.15, 0.2) is 17.9 Å². The standard InChI is InChI=1S/C15H14N2O.C8H8N2O2/c1-2-5-12(6-3-1)8-9-14-16-11-13-7-4-10-18-15(13)17-14;11-5-7-9-4-6-2-1-3-12-8(6)10-7/h1-3,5-6,8-9,11H,4,7,10H2;4-5H,1-3H2/b9-8+;. The Hall–Kier alpha value is -3.61. The lowest BCUT2D eigenvalue weighted by Gasteiger charge is -2.15. The molecule has 0 N–H and O–H groups in total. The van der Waals surface area contributed by atoms with Crippen LogP contribution in [0.1, 0.15) is 46.0 Å². The Morgan fingerprint density at radius 1 is 0.767 bits per heavy atom. The molecule has 0 aliphatic carbocycles. The number of benzene rings is 1. The van der Waals surface area contributed by atoms with Crippen LogP contribution in [0.4, 0.5) is 0 Å². The van der Waals surface area contributed by atoms with Gasteiger partial charge in [0.1, 0.15) is 0 Å². The lowest BCUT2D eigenvalue weighted by atomic mass is 10.1. The van der Waals surface area contributed by atoms with Crippen molar-refractivity contribution in [2.24, 2.45) is 0 Å². The average molecular weight is 402 g/mol. The molecule has 2 aromatic heterocycles. The second-order valence-electron chi connectivity index (χ2n) is 6.88. The van der Waals surface area contributed by atoms with E-state index in [4.69, 9.17) is 9.47 Å². The first kappa shape index (κ1) is 19.7. The van der Waals surface area contributed by atoms with Gasteiger partial charge in [-0.15, -0.1) is 0 Å². The number of aromatic nitrogens is 4. The van der Waals surface area contributed by atoms with Crippen molar-refractivity contribution < 1.29 is 14.3 Å². The van der Waals surface area contributed by atoms with Gasteiger partial charge in [-0.3, -0.25) is 4.79 Å². The van der Waals surface area contributed by atoms with Crippen LogP contribution in [0.25, 0.3) is 12.2 Å². The molecular weight excluding hydrogens is 380 g/mol. The summed E-state index contributed by atoms with van der Waals surface area (Å²) in [6.07, 6.45) is 12.1. The zero-order valence-corrected chi connectivity index (χ0v) is 16.5. The third-order valence-electron chi connectivity index (χ3n) is 4.68. The highest BCUT2D eigenvalue weighted by molar-refractivity contribution is 5.69. The molecule has 1 aromatic carbocycles. The molecule has 0 saturated heterocycles. The predicted octanol–water partition coefficient (Wildman–Crippen LogP) is 3.59. The highest BCUT2D eigenvalue weighted by Gasteiger charge is 2.13. The molecule has 5 rings (SSSR count). The number of aryl methyl sites for hydroxylation is 2. The Morgan fingerprint density at radius 2 is 1.37 bits per heavy atom. The molecular formula is C23H22N4O3. The molecule has 0 saturated carbocycles. The molecule has 4 heterocycles. The lowest BCUT2D eigenvalue weighted by Crippen LogP contribution is -2.11. The van der Waals surface area contributed by atoms with E-state index in [0.717, 1.165) is 54.9 Å². The van der Waals surface area contributed by atoms with Gasteiger partial charge in [-0.2, -0.15) is 9.97 Å². The molecule has 2 aliphatic rings. The number of carbonyl (C=O) groups is 1. The van der Waals surface area contributed by atoms with Gasteiger partial charge in [0, 0.05) is 23.5 Å². The molecule has 152 valence electrons. The van der Waals surface area contributed by atoms with E-state index in [1.807, 2.05) is 48.7 Å². The molecule has 0 spiro atoms. The van der Waals surface area contributed by atoms with Gasteiger partial charge in [0.2, 0.25) is 11.8 Å². The van der Waals surface area contributed by atoms with Crippen molar-refractivity contribution in [1.29, 1.82) is 0 Å². The summed E-state index contributed by atoms with van der Waals surface area (Å²) in [6.45, 7) is 1.44. The van der Waals surface area contributed by atoms with Gasteiger partial charge in [-0.1, -0.05) is 36.4 Å². The molecule has 7 nitrogen and oxygen atoms in total. The smallest absolute Gasteiger partial charge is 0.220 e. The van der Waals surface area contributed by atoms with Gasteiger partial charge in [-0.05, 0) is 37.3 Å². The van der Waals surface area contributed by atoms with Crippen LogP contribution in [0.15, 0.2) is 42.7 Å². The highest BCUT2D eigenvalue weighted by atomic mass is 16.5. The van der Waals surface area contributed by atoms with Crippen LogP contribution in [0, 0.1) is 0 Å². The number of nitrogens with zero attached hydrogens (tertiary/aromatic N) is 4. The van der Waals surface area contributed by atoms with Crippen molar-refractivity contribution in [2.45, 2.75) is 25.7 Å². The lowest BCUT2D eigenvalue weighted by molar-refractivity contribution is 0.111. The van der Waals surface area contributed by atoms with Gasteiger partial charge in [0.05, 0.1) is 13.2 Å². The fourth-order valence-electron chi connectivity index (χ4n) is 3.14. The number of hydrogen-bond donors (Lipinski definition) is 0. The van der Waals surface area contributed by atoms with Crippen molar-refractivity contribution in [3.63, 3.8) is 0 Å². The molecule has 3 aromatic rings. The van der Waals surface area contributed by atoms with Gasteiger partial charge in [0.25, 0.3) is 0 Å². The Labute approximate surface area is 174 Å². The molecule has 0 amide bonds. The number of hydrogen-bond acceptors (Lipinski definition) is 7. The van der Waals surface area contributed by atoms with Gasteiger partial charge in [-0.25, -0.2) is 9.97 Å². The van der Waals surface area contributed by atoms with Crippen molar-refractivity contribution in [3.8, 4) is 11.8 Å². The summed E-state index contributed by atoms with van der Waals surface area (Å²) in [5, 5.41) is 0. The molecule has 0 bridgehead atoms. The maximum absolute atomic E-state index is 10.3.